The summed E-state index contributed by atoms with van der Waals surface area (Å²) in [5.41, 5.74) is 0.742. The molecule has 0 radical (unpaired) electrons. The van der Waals surface area contributed by atoms with E-state index in [1.54, 1.807) is 68.1 Å². The summed E-state index contributed by atoms with van der Waals surface area (Å²) in [6.45, 7) is 13.3. The monoisotopic (exact) mass is 540 g/mol. The van der Waals surface area contributed by atoms with Crippen LogP contribution in [0.15, 0.2) is 42.5 Å². The fraction of sp³-hybridized carbons (Fsp3) is 0.516. The van der Waals surface area contributed by atoms with Gasteiger partial charge in [0.2, 0.25) is 5.91 Å². The molecule has 3 rings (SSSR count). The molecule has 39 heavy (non-hydrogen) atoms. The first-order valence-corrected chi connectivity index (χ1v) is 13.8. The number of amides is 2. The molecule has 1 N–H and O–H groups in total. The van der Waals surface area contributed by atoms with E-state index in [-0.39, 0.29) is 23.4 Å². The van der Waals surface area contributed by atoms with Crippen molar-refractivity contribution in [1.82, 2.24) is 0 Å². The Hall–Kier alpha value is -3.55. The number of carbonyl (C=O) groups is 3. The van der Waals surface area contributed by atoms with E-state index in [1.165, 1.54) is 7.11 Å². The standard InChI is InChI=1S/C29H38N2O6.C2H6/c1-19(2)31(26(32)20-10-8-7-9-11-20)25-17-16-23(18-24(25)27(33)35-6)36-22-14-12-21(13-15-22)30-28(34)37-29(3,4)5;1-2/h12-20H,7-11H2,1-6H3,(H,30,34);1-2H3. The van der Waals surface area contributed by atoms with Crippen LogP contribution in [0.5, 0.6) is 11.5 Å². The van der Waals surface area contributed by atoms with E-state index >= 15 is 0 Å². The van der Waals surface area contributed by atoms with Gasteiger partial charge in [0.1, 0.15) is 17.1 Å². The highest BCUT2D eigenvalue weighted by Gasteiger charge is 2.31. The highest BCUT2D eigenvalue weighted by atomic mass is 16.6. The Balaban J connectivity index is 0.00000260. The second-order valence-electron chi connectivity index (χ2n) is 10.6. The van der Waals surface area contributed by atoms with Crippen LogP contribution in [0.3, 0.4) is 0 Å². The summed E-state index contributed by atoms with van der Waals surface area (Å²) in [5, 5.41) is 2.67. The van der Waals surface area contributed by atoms with E-state index < -0.39 is 17.7 Å². The number of esters is 1. The number of carbonyl (C=O) groups excluding carboxylic acids is 3. The summed E-state index contributed by atoms with van der Waals surface area (Å²) >= 11 is 0. The van der Waals surface area contributed by atoms with Crippen molar-refractivity contribution in [2.24, 2.45) is 5.92 Å². The lowest BCUT2D eigenvalue weighted by molar-refractivity contribution is -0.123. The van der Waals surface area contributed by atoms with Gasteiger partial charge in [-0.1, -0.05) is 33.1 Å². The maximum atomic E-state index is 13.5. The molecule has 2 aromatic rings. The molecule has 1 saturated carbocycles. The molecule has 0 spiro atoms. The van der Waals surface area contributed by atoms with Gasteiger partial charge in [-0.15, -0.1) is 0 Å². The van der Waals surface area contributed by atoms with E-state index in [4.69, 9.17) is 14.2 Å². The number of hydrogen-bond acceptors (Lipinski definition) is 6. The SMILES string of the molecule is CC.COC(=O)c1cc(Oc2ccc(NC(=O)OC(C)(C)C)cc2)ccc1N(C(=O)C1CCCCC1)C(C)C. The summed E-state index contributed by atoms with van der Waals surface area (Å²) in [5.74, 6) is 0.398. The first-order chi connectivity index (χ1) is 18.5. The van der Waals surface area contributed by atoms with Crippen LogP contribution in [0.4, 0.5) is 16.2 Å². The van der Waals surface area contributed by atoms with E-state index in [1.807, 2.05) is 27.7 Å². The van der Waals surface area contributed by atoms with Crippen LogP contribution in [0.25, 0.3) is 0 Å². The molecular formula is C31H44N2O6. The van der Waals surface area contributed by atoms with Gasteiger partial charge in [0, 0.05) is 17.6 Å². The molecule has 0 aliphatic heterocycles. The van der Waals surface area contributed by atoms with Crippen molar-refractivity contribution in [3.63, 3.8) is 0 Å². The Labute approximate surface area is 233 Å². The predicted octanol–water partition coefficient (Wildman–Crippen LogP) is 7.96. The minimum absolute atomic E-state index is 0.0367. The molecule has 0 atom stereocenters. The van der Waals surface area contributed by atoms with Crippen LogP contribution in [-0.4, -0.2) is 36.7 Å². The highest BCUT2D eigenvalue weighted by Crippen LogP contribution is 2.34. The normalized spacial score (nSPS) is 13.6. The Kier molecular flexibility index (Phi) is 11.8. The predicted molar refractivity (Wildman–Crippen MR) is 155 cm³/mol. The first-order valence-electron chi connectivity index (χ1n) is 13.8. The lowest BCUT2D eigenvalue weighted by atomic mass is 9.87. The molecule has 0 bridgehead atoms. The molecule has 0 aromatic heterocycles. The van der Waals surface area contributed by atoms with Gasteiger partial charge in [0.05, 0.1) is 18.4 Å². The molecule has 0 heterocycles. The van der Waals surface area contributed by atoms with Crippen LogP contribution in [0.1, 0.15) is 90.9 Å². The molecule has 2 amide bonds. The van der Waals surface area contributed by atoms with E-state index in [0.717, 1.165) is 32.1 Å². The van der Waals surface area contributed by atoms with Gasteiger partial charge < -0.3 is 19.1 Å². The number of benzene rings is 2. The Morgan fingerprint density at radius 1 is 0.923 bits per heavy atom. The third-order valence-corrected chi connectivity index (χ3v) is 6.08. The van der Waals surface area contributed by atoms with Gasteiger partial charge in [0.25, 0.3) is 0 Å². The van der Waals surface area contributed by atoms with Crippen LogP contribution >= 0.6 is 0 Å². The molecule has 8 heteroatoms. The number of nitrogens with zero attached hydrogens (tertiary/aromatic N) is 1. The third kappa shape index (κ3) is 9.30. The van der Waals surface area contributed by atoms with Gasteiger partial charge >= 0.3 is 12.1 Å². The molecule has 2 aromatic carbocycles. The van der Waals surface area contributed by atoms with Crippen molar-refractivity contribution in [2.75, 3.05) is 17.3 Å². The second-order valence-corrected chi connectivity index (χ2v) is 10.6. The summed E-state index contributed by atoms with van der Waals surface area (Å²) in [6, 6.07) is 11.7. The minimum Gasteiger partial charge on any atom is -0.465 e. The van der Waals surface area contributed by atoms with E-state index in [9.17, 15) is 14.4 Å². The Bertz CT molecular complexity index is 1100. The zero-order valence-corrected chi connectivity index (χ0v) is 24.6. The van der Waals surface area contributed by atoms with Crippen LogP contribution in [0, 0.1) is 5.92 Å². The molecule has 214 valence electrons. The van der Waals surface area contributed by atoms with Crippen LogP contribution in [-0.2, 0) is 14.3 Å². The van der Waals surface area contributed by atoms with Crippen molar-refractivity contribution in [1.29, 1.82) is 0 Å². The van der Waals surface area contributed by atoms with Crippen LogP contribution in [0.2, 0.25) is 0 Å². The molecule has 1 aliphatic carbocycles. The van der Waals surface area contributed by atoms with Gasteiger partial charge in [0.15, 0.2) is 0 Å². The average Bonchev–Trinajstić information content (AvgIpc) is 2.90. The first kappa shape index (κ1) is 31.7. The fourth-order valence-electron chi connectivity index (χ4n) is 4.42. The molecular weight excluding hydrogens is 496 g/mol. The maximum absolute atomic E-state index is 13.5. The fourth-order valence-corrected chi connectivity index (χ4v) is 4.42. The van der Waals surface area contributed by atoms with Crippen molar-refractivity contribution >= 4 is 29.3 Å². The molecule has 0 saturated heterocycles. The molecule has 8 nitrogen and oxygen atoms in total. The number of methoxy groups -OCH3 is 1. The zero-order chi connectivity index (χ0) is 29.2. The van der Waals surface area contributed by atoms with E-state index in [2.05, 4.69) is 5.32 Å². The maximum Gasteiger partial charge on any atom is 0.412 e. The molecule has 1 aliphatic rings. The number of hydrogen-bond donors (Lipinski definition) is 1. The summed E-state index contributed by atoms with van der Waals surface area (Å²) in [7, 11) is 1.32. The topological polar surface area (TPSA) is 94.2 Å². The Morgan fingerprint density at radius 2 is 1.51 bits per heavy atom. The van der Waals surface area contributed by atoms with Gasteiger partial charge in [-0.25, -0.2) is 9.59 Å². The minimum atomic E-state index is -0.594. The largest absolute Gasteiger partial charge is 0.465 e. The number of rotatable bonds is 7. The smallest absolute Gasteiger partial charge is 0.412 e. The van der Waals surface area contributed by atoms with Crippen LogP contribution < -0.4 is 15.0 Å². The lowest BCUT2D eigenvalue weighted by Crippen LogP contribution is -2.42. The number of anilines is 2. The number of ether oxygens (including phenoxy) is 3. The highest BCUT2D eigenvalue weighted by molar-refractivity contribution is 6.04. The Morgan fingerprint density at radius 3 is 2.05 bits per heavy atom. The van der Waals surface area contributed by atoms with Gasteiger partial charge in [-0.2, -0.15) is 0 Å². The summed E-state index contributed by atoms with van der Waals surface area (Å²) in [6.07, 6.45) is 4.45. The van der Waals surface area contributed by atoms with Crippen molar-refractivity contribution < 1.29 is 28.6 Å². The van der Waals surface area contributed by atoms with Crippen molar-refractivity contribution in [3.8, 4) is 11.5 Å². The third-order valence-electron chi connectivity index (χ3n) is 6.08. The van der Waals surface area contributed by atoms with Gasteiger partial charge in [-0.3, -0.25) is 10.1 Å². The number of nitrogens with one attached hydrogen (secondary N) is 1. The second kappa shape index (κ2) is 14.6. The quantitative estimate of drug-likeness (QED) is 0.358. The van der Waals surface area contributed by atoms with Gasteiger partial charge in [-0.05, 0) is 89.9 Å². The van der Waals surface area contributed by atoms with Crippen molar-refractivity contribution in [2.45, 2.75) is 92.2 Å². The van der Waals surface area contributed by atoms with E-state index in [0.29, 0.717) is 22.9 Å². The lowest BCUT2D eigenvalue weighted by Gasteiger charge is -2.33. The zero-order valence-electron chi connectivity index (χ0n) is 24.6. The molecule has 1 fully saturated rings. The summed E-state index contributed by atoms with van der Waals surface area (Å²) in [4.78, 5) is 39.9. The summed E-state index contributed by atoms with van der Waals surface area (Å²) < 4.78 is 16.3. The molecule has 0 unspecified atom stereocenters. The average molecular weight is 541 g/mol. The van der Waals surface area contributed by atoms with Crippen molar-refractivity contribution in [3.05, 3.63) is 48.0 Å².